The molecule has 0 radical (unpaired) electrons. The lowest BCUT2D eigenvalue weighted by Gasteiger charge is -2.48. The number of carbonyl (C=O) groups is 2. The van der Waals surface area contributed by atoms with Crippen LogP contribution in [0, 0.1) is 0 Å². The number of fused-ring (bicyclic) bond motifs is 1. The molecular formula is C41H42BrClN6O5. The summed E-state index contributed by atoms with van der Waals surface area (Å²) in [6.45, 7) is 4.70. The second-order valence-corrected chi connectivity index (χ2v) is 16.7. The molecule has 2 amide bonds. The molecule has 5 aliphatic rings. The van der Waals surface area contributed by atoms with E-state index in [1.54, 1.807) is 14.2 Å². The maximum absolute atomic E-state index is 11.8. The lowest BCUT2D eigenvalue weighted by molar-refractivity contribution is -0.121. The summed E-state index contributed by atoms with van der Waals surface area (Å²) in [4.78, 5) is 37.9. The topological polar surface area (TPSA) is 118 Å². The zero-order valence-corrected chi connectivity index (χ0v) is 32.7. The van der Waals surface area contributed by atoms with Gasteiger partial charge in [-0.3, -0.25) is 19.4 Å². The van der Waals surface area contributed by atoms with Crippen molar-refractivity contribution in [2.75, 3.05) is 40.4 Å². The van der Waals surface area contributed by atoms with Crippen LogP contribution in [0.25, 0.3) is 22.4 Å². The zero-order valence-electron chi connectivity index (χ0n) is 30.3. The molecule has 9 rings (SSSR count). The first-order valence-electron chi connectivity index (χ1n) is 18.6. The number of halogens is 2. The normalized spacial score (nSPS) is 21.1. The number of likely N-dealkylation sites (tertiary alicyclic amines) is 2. The van der Waals surface area contributed by atoms with Gasteiger partial charge in [0.1, 0.15) is 6.10 Å². The van der Waals surface area contributed by atoms with Crippen molar-refractivity contribution in [3.05, 3.63) is 86.3 Å². The molecular weight excluding hydrogens is 772 g/mol. The van der Waals surface area contributed by atoms with E-state index in [0.717, 1.165) is 95.4 Å². The summed E-state index contributed by atoms with van der Waals surface area (Å²) < 4.78 is 18.9. The monoisotopic (exact) mass is 812 g/mol. The number of nitrogens with one attached hydrogen (secondary N) is 2. The third-order valence-electron chi connectivity index (χ3n) is 11.7. The molecule has 280 valence electrons. The van der Waals surface area contributed by atoms with Crippen molar-refractivity contribution in [1.82, 2.24) is 30.4 Å². The van der Waals surface area contributed by atoms with Crippen molar-refractivity contribution in [3.8, 4) is 40.0 Å². The Labute approximate surface area is 327 Å². The molecule has 13 heteroatoms. The van der Waals surface area contributed by atoms with Crippen molar-refractivity contribution in [1.29, 1.82) is 0 Å². The zero-order chi connectivity index (χ0) is 37.2. The molecule has 54 heavy (non-hydrogen) atoms. The number of benzene rings is 2. The van der Waals surface area contributed by atoms with E-state index in [-0.39, 0.29) is 29.0 Å². The predicted octanol–water partition coefficient (Wildman–Crippen LogP) is 6.24. The van der Waals surface area contributed by atoms with Crippen LogP contribution < -0.4 is 24.8 Å². The van der Waals surface area contributed by atoms with Crippen molar-refractivity contribution in [2.45, 2.75) is 68.8 Å². The Bertz CT molecular complexity index is 2170. The van der Waals surface area contributed by atoms with Crippen LogP contribution in [0.15, 0.2) is 59.1 Å². The Morgan fingerprint density at radius 2 is 1.39 bits per heavy atom. The van der Waals surface area contributed by atoms with Crippen molar-refractivity contribution in [3.63, 3.8) is 0 Å². The quantitative estimate of drug-likeness (QED) is 0.192. The summed E-state index contributed by atoms with van der Waals surface area (Å²) in [7, 11) is 3.28. The third-order valence-corrected chi connectivity index (χ3v) is 12.7. The summed E-state index contributed by atoms with van der Waals surface area (Å²) in [6.07, 6.45) is 4.44. The van der Waals surface area contributed by atoms with E-state index in [1.807, 2.05) is 24.3 Å². The summed E-state index contributed by atoms with van der Waals surface area (Å²) >= 11 is 11.0. The predicted molar refractivity (Wildman–Crippen MR) is 208 cm³/mol. The Morgan fingerprint density at radius 3 is 2.04 bits per heavy atom. The first-order chi connectivity index (χ1) is 26.1. The minimum atomic E-state index is -0.188. The third kappa shape index (κ3) is 6.40. The van der Waals surface area contributed by atoms with Crippen LogP contribution in [-0.2, 0) is 29.1 Å². The van der Waals surface area contributed by atoms with E-state index >= 15 is 0 Å². The van der Waals surface area contributed by atoms with Gasteiger partial charge >= 0.3 is 0 Å². The first kappa shape index (κ1) is 35.5. The summed E-state index contributed by atoms with van der Waals surface area (Å²) in [6, 6.07) is 18.5. The molecule has 4 saturated heterocycles. The van der Waals surface area contributed by atoms with Crippen LogP contribution in [-0.4, -0.2) is 83.1 Å². The van der Waals surface area contributed by atoms with Crippen LogP contribution >= 0.6 is 27.5 Å². The van der Waals surface area contributed by atoms with Crippen LogP contribution in [0.5, 0.6) is 17.6 Å². The van der Waals surface area contributed by atoms with Crippen molar-refractivity contribution in [2.24, 2.45) is 0 Å². The van der Waals surface area contributed by atoms with Crippen LogP contribution in [0.2, 0.25) is 5.02 Å². The number of methoxy groups -OCH3 is 2. The summed E-state index contributed by atoms with van der Waals surface area (Å²) in [5.41, 5.74) is 7.73. The van der Waals surface area contributed by atoms with Gasteiger partial charge in [-0.2, -0.15) is 4.98 Å². The van der Waals surface area contributed by atoms with Crippen LogP contribution in [0.3, 0.4) is 0 Å². The second kappa shape index (κ2) is 13.8. The van der Waals surface area contributed by atoms with Gasteiger partial charge in [0.2, 0.25) is 29.5 Å². The van der Waals surface area contributed by atoms with Gasteiger partial charge in [0, 0.05) is 74.4 Å². The highest BCUT2D eigenvalue weighted by Gasteiger charge is 2.48. The summed E-state index contributed by atoms with van der Waals surface area (Å²) in [5.74, 6) is 1.89. The Morgan fingerprint density at radius 1 is 0.778 bits per heavy atom. The van der Waals surface area contributed by atoms with Gasteiger partial charge in [0.25, 0.3) is 0 Å². The van der Waals surface area contributed by atoms with E-state index < -0.39 is 0 Å². The van der Waals surface area contributed by atoms with Crippen LogP contribution in [0.1, 0.15) is 60.5 Å². The standard InChI is InChI=1S/C41H42BrClN6O5/c1-52-37-24(18-48-20-40(21-48)15-13-34(50)46-40)9-11-32(44-37)30-8-4-7-29(36(30)43)26-5-3-6-28-27(26)10-12-33(28)54-39-31(42)17-25(38(45-39)53-2)19-49-22-41(23-49)16-14-35(51)47-41/h3-9,11,17,33H,10,12-16,18-23H2,1-2H3,(H,46,50)(H,47,51)/t33-/m0/s1. The number of pyridine rings is 2. The first-order valence-corrected chi connectivity index (χ1v) is 19.7. The average molecular weight is 814 g/mol. The fourth-order valence-corrected chi connectivity index (χ4v) is 9.98. The lowest BCUT2D eigenvalue weighted by atomic mass is 9.88. The van der Waals surface area contributed by atoms with Crippen LogP contribution in [0.4, 0.5) is 0 Å². The molecule has 4 fully saturated rings. The molecule has 11 nitrogen and oxygen atoms in total. The Hall–Kier alpha value is -4.23. The highest BCUT2D eigenvalue weighted by Crippen LogP contribution is 2.45. The SMILES string of the molecule is COc1nc(-c2cccc(-c3cccc4c3CC[C@@H]4Oc3nc(OC)c(CN4CC5(CCC(=O)N5)C4)cc3Br)c2Cl)ccc1CN1CC2(CCC(=O)N2)C1. The molecule has 2 aromatic carbocycles. The molecule has 1 atom stereocenters. The number of nitrogens with zero attached hydrogens (tertiary/aromatic N) is 4. The highest BCUT2D eigenvalue weighted by molar-refractivity contribution is 9.10. The fraction of sp³-hybridized carbons (Fsp3) is 0.415. The number of aromatic nitrogens is 2. The number of rotatable bonds is 10. The molecule has 0 saturated carbocycles. The average Bonchev–Trinajstić information content (AvgIpc) is 3.86. The maximum atomic E-state index is 11.8. The van der Waals surface area contributed by atoms with Gasteiger partial charge in [0.15, 0.2) is 0 Å². The number of hydrogen-bond donors (Lipinski definition) is 2. The van der Waals surface area contributed by atoms with Gasteiger partial charge in [0.05, 0.1) is 40.5 Å². The minimum absolute atomic E-state index is 0.0708. The fourth-order valence-electron chi connectivity index (χ4n) is 9.19. The van der Waals surface area contributed by atoms with E-state index in [1.165, 1.54) is 5.56 Å². The summed E-state index contributed by atoms with van der Waals surface area (Å²) in [5, 5.41) is 6.93. The molecule has 2 N–H and O–H groups in total. The van der Waals surface area contributed by atoms with E-state index in [9.17, 15) is 9.59 Å². The van der Waals surface area contributed by atoms with Gasteiger partial charge in [-0.25, -0.2) is 4.98 Å². The maximum Gasteiger partial charge on any atom is 0.231 e. The van der Waals surface area contributed by atoms with Gasteiger partial charge in [-0.1, -0.05) is 54.1 Å². The number of carbonyl (C=O) groups excluding carboxylic acids is 2. The van der Waals surface area contributed by atoms with Crippen molar-refractivity contribution >= 4 is 39.3 Å². The highest BCUT2D eigenvalue weighted by atomic mass is 79.9. The van der Waals surface area contributed by atoms with Crippen molar-refractivity contribution < 1.29 is 23.8 Å². The lowest BCUT2D eigenvalue weighted by Crippen LogP contribution is -2.66. The smallest absolute Gasteiger partial charge is 0.231 e. The molecule has 4 aromatic rings. The number of ether oxygens (including phenoxy) is 3. The van der Waals surface area contributed by atoms with Gasteiger partial charge in [-0.05, 0) is 70.4 Å². The molecule has 2 aromatic heterocycles. The van der Waals surface area contributed by atoms with E-state index in [0.29, 0.717) is 48.6 Å². The largest absolute Gasteiger partial charge is 0.481 e. The Kier molecular flexibility index (Phi) is 9.07. The minimum Gasteiger partial charge on any atom is -0.481 e. The molecule has 2 spiro atoms. The molecule has 4 aliphatic heterocycles. The van der Waals surface area contributed by atoms with Gasteiger partial charge < -0.3 is 24.8 Å². The van der Waals surface area contributed by atoms with E-state index in [2.05, 4.69) is 66.7 Å². The number of hydrogen-bond acceptors (Lipinski definition) is 9. The Balaban J connectivity index is 0.913. The van der Waals surface area contributed by atoms with E-state index in [4.69, 9.17) is 35.8 Å². The molecule has 0 unspecified atom stereocenters. The molecule has 6 heterocycles. The van der Waals surface area contributed by atoms with Gasteiger partial charge in [-0.15, -0.1) is 0 Å². The molecule has 0 bridgehead atoms. The second-order valence-electron chi connectivity index (χ2n) is 15.4. The molecule has 1 aliphatic carbocycles. The number of amides is 2.